The van der Waals surface area contributed by atoms with Crippen molar-refractivity contribution in [1.29, 1.82) is 0 Å². The van der Waals surface area contributed by atoms with Crippen molar-refractivity contribution in [2.45, 2.75) is 119 Å². The Morgan fingerprint density at radius 2 is 0.939 bits per heavy atom. The van der Waals surface area contributed by atoms with E-state index in [4.69, 9.17) is 31.5 Å². The number of rotatable bonds is 25. The van der Waals surface area contributed by atoms with E-state index in [0.717, 1.165) is 33.5 Å². The molecule has 0 radical (unpaired) electrons. The SMILES string of the molecule is CCO[Si](CCCNC(=O)Nc1ccc(-c2nc(-c3cc(C(C)(C)C)c(O)c(C(C)(C)C)c3)[nH]c2-c2ccc(NC(=O)NCCC[Si](OCC)(OCC)OCC)cc2)cc1)(OCC)OCC. The second-order valence-electron chi connectivity index (χ2n) is 17.8. The van der Waals surface area contributed by atoms with Crippen LogP contribution in [-0.2, 0) is 37.4 Å². The molecule has 0 spiro atoms. The largest absolute Gasteiger partial charge is 0.507 e. The molecule has 4 aromatic rings. The van der Waals surface area contributed by atoms with Crippen molar-refractivity contribution in [1.82, 2.24) is 20.6 Å². The van der Waals surface area contributed by atoms with Crippen LogP contribution in [0.1, 0.15) is 107 Å². The number of aromatic hydroxyl groups is 1. The Bertz CT molecular complexity index is 1960. The molecular formula is C49H76N6O9Si2. The van der Waals surface area contributed by atoms with Crippen LogP contribution in [0.3, 0.4) is 0 Å². The summed E-state index contributed by atoms with van der Waals surface area (Å²) < 4.78 is 35.7. The Morgan fingerprint density at radius 3 is 1.29 bits per heavy atom. The van der Waals surface area contributed by atoms with Crippen molar-refractivity contribution in [3.05, 3.63) is 71.8 Å². The number of carbonyl (C=O) groups is 2. The van der Waals surface area contributed by atoms with Gasteiger partial charge in [0, 0.05) is 104 Å². The van der Waals surface area contributed by atoms with E-state index in [-0.39, 0.29) is 28.6 Å². The fraction of sp³-hybridized carbons (Fsp3) is 0.531. The average Bonchev–Trinajstić information content (AvgIpc) is 3.70. The topological polar surface area (TPSA) is 187 Å². The number of benzene rings is 3. The molecule has 15 nitrogen and oxygen atoms in total. The lowest BCUT2D eigenvalue weighted by molar-refractivity contribution is 0.0701. The monoisotopic (exact) mass is 949 g/mol. The highest BCUT2D eigenvalue weighted by atomic mass is 28.4. The summed E-state index contributed by atoms with van der Waals surface area (Å²) in [5.74, 6) is 0.923. The molecule has 0 bridgehead atoms. The van der Waals surface area contributed by atoms with Gasteiger partial charge >= 0.3 is 29.7 Å². The fourth-order valence-corrected chi connectivity index (χ4v) is 12.9. The molecule has 0 aliphatic heterocycles. The molecule has 0 saturated heterocycles. The van der Waals surface area contributed by atoms with E-state index in [9.17, 15) is 14.7 Å². The van der Waals surface area contributed by atoms with Gasteiger partial charge in [0.25, 0.3) is 0 Å². The lowest BCUT2D eigenvalue weighted by atomic mass is 9.78. The number of amides is 4. The molecule has 0 fully saturated rings. The summed E-state index contributed by atoms with van der Waals surface area (Å²) in [6.45, 7) is 27.9. The van der Waals surface area contributed by atoms with E-state index in [0.29, 0.717) is 101 Å². The van der Waals surface area contributed by atoms with Gasteiger partial charge in [-0.05, 0) is 102 Å². The predicted octanol–water partition coefficient (Wildman–Crippen LogP) is 10.8. The average molecular weight is 949 g/mol. The summed E-state index contributed by atoms with van der Waals surface area (Å²) in [6, 6.07) is 19.7. The van der Waals surface area contributed by atoms with Gasteiger partial charge in [0.2, 0.25) is 0 Å². The molecule has 4 rings (SSSR count). The Kier molecular flexibility index (Phi) is 20.4. The maximum Gasteiger partial charge on any atom is 0.500 e. The Labute approximate surface area is 395 Å². The van der Waals surface area contributed by atoms with Crippen LogP contribution in [0.5, 0.6) is 5.75 Å². The summed E-state index contributed by atoms with van der Waals surface area (Å²) in [5.41, 5.74) is 6.17. The van der Waals surface area contributed by atoms with Crippen molar-refractivity contribution in [3.63, 3.8) is 0 Å². The molecule has 0 saturated carbocycles. The van der Waals surface area contributed by atoms with Gasteiger partial charge < -0.3 is 57.9 Å². The number of imidazole rings is 1. The van der Waals surface area contributed by atoms with Gasteiger partial charge in [-0.1, -0.05) is 65.8 Å². The standard InChI is InChI=1S/C49H76N6O9Si2/c1-13-59-65(60-14-2,61-15-3)31-19-29-50-46(57)52-38-25-21-35(22-26-38)42-43(55-45(54-42)37-33-40(48(7,8)9)44(56)41(34-37)49(10,11)12)36-23-27-39(28-24-36)53-47(58)51-30-20-32-66(62-16-4,63-17-5)64-18-6/h21-28,33-34,56H,13-20,29-32H2,1-12H3,(H,54,55)(H2,50,52,57)(H2,51,53,58). The number of phenols is 1. The van der Waals surface area contributed by atoms with Crippen molar-refractivity contribution in [3.8, 4) is 39.7 Å². The first-order chi connectivity index (χ1) is 31.4. The predicted molar refractivity (Wildman–Crippen MR) is 268 cm³/mol. The van der Waals surface area contributed by atoms with Crippen LogP contribution >= 0.6 is 0 Å². The van der Waals surface area contributed by atoms with E-state index in [1.54, 1.807) is 0 Å². The van der Waals surface area contributed by atoms with E-state index in [1.165, 1.54) is 0 Å². The van der Waals surface area contributed by atoms with Crippen LogP contribution in [0.4, 0.5) is 21.0 Å². The van der Waals surface area contributed by atoms with Crippen LogP contribution in [0.25, 0.3) is 33.9 Å². The van der Waals surface area contributed by atoms with Crippen LogP contribution in [0, 0.1) is 0 Å². The zero-order valence-electron chi connectivity index (χ0n) is 41.4. The van der Waals surface area contributed by atoms with Crippen molar-refractivity contribution < 1.29 is 41.3 Å². The molecule has 0 aliphatic rings. The number of aromatic nitrogens is 2. The summed E-state index contributed by atoms with van der Waals surface area (Å²) in [4.78, 5) is 34.7. The molecule has 1 heterocycles. The number of nitrogens with one attached hydrogen (secondary N) is 5. The highest BCUT2D eigenvalue weighted by Crippen LogP contribution is 2.43. The molecule has 1 aromatic heterocycles. The zero-order valence-corrected chi connectivity index (χ0v) is 43.4. The fourth-order valence-electron chi connectivity index (χ4n) is 7.64. The number of anilines is 2. The molecule has 17 heteroatoms. The van der Waals surface area contributed by atoms with Gasteiger partial charge in [-0.3, -0.25) is 0 Å². The molecule has 66 heavy (non-hydrogen) atoms. The van der Waals surface area contributed by atoms with Crippen LogP contribution in [0.15, 0.2) is 60.7 Å². The third-order valence-corrected chi connectivity index (χ3v) is 16.9. The summed E-state index contributed by atoms with van der Waals surface area (Å²) in [6.07, 6.45) is 1.29. The lowest BCUT2D eigenvalue weighted by Gasteiger charge is -2.28. The van der Waals surface area contributed by atoms with E-state index >= 15 is 0 Å². The van der Waals surface area contributed by atoms with Gasteiger partial charge in [0.1, 0.15) is 11.6 Å². The van der Waals surface area contributed by atoms with Crippen molar-refractivity contribution in [2.75, 3.05) is 63.4 Å². The molecule has 3 aromatic carbocycles. The highest BCUT2D eigenvalue weighted by Gasteiger charge is 2.40. The number of hydrogen-bond donors (Lipinski definition) is 6. The van der Waals surface area contributed by atoms with Crippen molar-refractivity contribution >= 4 is 41.0 Å². The minimum absolute atomic E-state index is 0.290. The summed E-state index contributed by atoms with van der Waals surface area (Å²) >= 11 is 0. The zero-order chi connectivity index (χ0) is 48.5. The molecule has 4 amide bonds. The van der Waals surface area contributed by atoms with Crippen LogP contribution in [-0.4, -0.2) is 97.5 Å². The molecule has 6 N–H and O–H groups in total. The van der Waals surface area contributed by atoms with E-state index in [1.807, 2.05) is 102 Å². The second-order valence-corrected chi connectivity index (χ2v) is 23.3. The van der Waals surface area contributed by atoms with Gasteiger partial charge in [0.15, 0.2) is 0 Å². The van der Waals surface area contributed by atoms with Gasteiger partial charge in [-0.15, -0.1) is 0 Å². The molecule has 0 aliphatic carbocycles. The Morgan fingerprint density at radius 1 is 0.576 bits per heavy atom. The normalized spacial score (nSPS) is 12.3. The third-order valence-electron chi connectivity index (χ3n) is 10.6. The minimum atomic E-state index is -2.80. The summed E-state index contributed by atoms with van der Waals surface area (Å²) in [7, 11) is -5.60. The van der Waals surface area contributed by atoms with Crippen LogP contribution < -0.4 is 21.3 Å². The number of carbonyl (C=O) groups excluding carboxylic acids is 2. The van der Waals surface area contributed by atoms with E-state index in [2.05, 4.69) is 67.8 Å². The first-order valence-corrected chi connectivity index (χ1v) is 27.4. The smallest absolute Gasteiger partial charge is 0.500 e. The quantitative estimate of drug-likeness (QED) is 0.0276. The maximum absolute atomic E-state index is 13.0. The van der Waals surface area contributed by atoms with Gasteiger partial charge in [-0.25, -0.2) is 14.6 Å². The third kappa shape index (κ3) is 15.2. The summed E-state index contributed by atoms with van der Waals surface area (Å²) in [5, 5.41) is 23.3. The number of urea groups is 2. The molecule has 0 unspecified atom stereocenters. The highest BCUT2D eigenvalue weighted by molar-refractivity contribution is 6.61. The second kappa shape index (κ2) is 25.0. The number of phenolic OH excluding ortho intramolecular Hbond substituents is 1. The Balaban J connectivity index is 1.57. The lowest BCUT2D eigenvalue weighted by Crippen LogP contribution is -2.46. The van der Waals surface area contributed by atoms with Crippen LogP contribution in [0.2, 0.25) is 12.1 Å². The Hall–Kier alpha value is -4.60. The maximum atomic E-state index is 13.0. The number of hydrogen-bond acceptors (Lipinski definition) is 10. The van der Waals surface area contributed by atoms with Crippen molar-refractivity contribution in [2.24, 2.45) is 0 Å². The van der Waals surface area contributed by atoms with E-state index < -0.39 is 17.6 Å². The first-order valence-electron chi connectivity index (χ1n) is 23.5. The van der Waals surface area contributed by atoms with Gasteiger partial charge in [0.05, 0.1) is 11.4 Å². The molecule has 364 valence electrons. The number of nitrogens with zero attached hydrogens (tertiary/aromatic N) is 1. The minimum Gasteiger partial charge on any atom is -0.507 e. The van der Waals surface area contributed by atoms with Gasteiger partial charge in [-0.2, -0.15) is 0 Å². The molecular weight excluding hydrogens is 873 g/mol. The number of aromatic amines is 1. The first kappa shape index (κ1) is 54.0. The molecule has 0 atom stereocenters. The number of H-pyrrole nitrogens is 1.